The summed E-state index contributed by atoms with van der Waals surface area (Å²) in [6.45, 7) is 0.284. The number of benzene rings is 2. The third-order valence-electron chi connectivity index (χ3n) is 3.03. The maximum absolute atomic E-state index is 10.8. The first-order valence-corrected chi connectivity index (χ1v) is 6.05. The molecule has 0 saturated heterocycles. The molecule has 94 valence electrons. The van der Waals surface area contributed by atoms with Gasteiger partial charge in [0.2, 0.25) is 0 Å². The van der Waals surface area contributed by atoms with Crippen molar-refractivity contribution in [2.75, 3.05) is 13.7 Å². The van der Waals surface area contributed by atoms with Crippen LogP contribution < -0.4 is 0 Å². The monoisotopic (exact) mass is 242 g/mol. The molecule has 0 spiro atoms. The van der Waals surface area contributed by atoms with Crippen molar-refractivity contribution < 1.29 is 9.84 Å². The zero-order chi connectivity index (χ0) is 12.8. The first-order chi connectivity index (χ1) is 8.74. The van der Waals surface area contributed by atoms with E-state index in [1.54, 1.807) is 7.11 Å². The van der Waals surface area contributed by atoms with Gasteiger partial charge >= 0.3 is 0 Å². The molecule has 0 bridgehead atoms. The lowest BCUT2D eigenvalue weighted by molar-refractivity contribution is -0.0355. The molecule has 1 atom stereocenters. The van der Waals surface area contributed by atoms with Crippen LogP contribution in [0.25, 0.3) is 0 Å². The summed E-state index contributed by atoms with van der Waals surface area (Å²) >= 11 is 0. The van der Waals surface area contributed by atoms with Gasteiger partial charge in [-0.15, -0.1) is 0 Å². The number of hydrogen-bond donors (Lipinski definition) is 1. The van der Waals surface area contributed by atoms with E-state index in [4.69, 9.17) is 4.74 Å². The molecule has 2 aromatic rings. The highest BCUT2D eigenvalue weighted by Gasteiger charge is 2.29. The predicted molar refractivity (Wildman–Crippen MR) is 72.4 cm³/mol. The Hall–Kier alpha value is -1.64. The third-order valence-corrected chi connectivity index (χ3v) is 3.03. The van der Waals surface area contributed by atoms with Gasteiger partial charge in [-0.25, -0.2) is 0 Å². The minimum atomic E-state index is -0.975. The van der Waals surface area contributed by atoms with Crippen molar-refractivity contribution in [1.29, 1.82) is 0 Å². The van der Waals surface area contributed by atoms with Crippen molar-refractivity contribution in [3.8, 4) is 0 Å². The molecule has 0 unspecified atom stereocenters. The first kappa shape index (κ1) is 12.8. The van der Waals surface area contributed by atoms with Crippen LogP contribution in [0.15, 0.2) is 60.7 Å². The fraction of sp³-hybridized carbons (Fsp3) is 0.250. The Kier molecular flexibility index (Phi) is 4.13. The number of methoxy groups -OCH3 is 1. The second-order valence-corrected chi connectivity index (χ2v) is 4.49. The number of hydrogen-bond acceptors (Lipinski definition) is 2. The Balaban J connectivity index is 2.27. The quantitative estimate of drug-likeness (QED) is 0.873. The third kappa shape index (κ3) is 2.97. The summed E-state index contributed by atoms with van der Waals surface area (Å²) in [6, 6.07) is 19.6. The highest BCUT2D eigenvalue weighted by molar-refractivity contribution is 5.27. The largest absolute Gasteiger partial charge is 0.382 e. The second kappa shape index (κ2) is 5.80. The lowest BCUT2D eigenvalue weighted by atomic mass is 9.88. The summed E-state index contributed by atoms with van der Waals surface area (Å²) in [4.78, 5) is 0. The van der Waals surface area contributed by atoms with Crippen LogP contribution in [0, 0.1) is 0 Å². The van der Waals surface area contributed by atoms with Crippen LogP contribution in [0.3, 0.4) is 0 Å². The van der Waals surface area contributed by atoms with Crippen LogP contribution in [0.5, 0.6) is 0 Å². The summed E-state index contributed by atoms with van der Waals surface area (Å²) in [5.74, 6) is 0. The van der Waals surface area contributed by atoms with Crippen LogP contribution in [-0.4, -0.2) is 18.8 Å². The zero-order valence-electron chi connectivity index (χ0n) is 10.5. The van der Waals surface area contributed by atoms with E-state index in [9.17, 15) is 5.11 Å². The Morgan fingerprint density at radius 1 is 0.944 bits per heavy atom. The Morgan fingerprint density at radius 3 is 2.06 bits per heavy atom. The highest BCUT2D eigenvalue weighted by atomic mass is 16.5. The van der Waals surface area contributed by atoms with Gasteiger partial charge in [0.25, 0.3) is 0 Å². The van der Waals surface area contributed by atoms with Gasteiger partial charge < -0.3 is 9.84 Å². The van der Waals surface area contributed by atoms with Crippen LogP contribution in [0.1, 0.15) is 11.1 Å². The molecule has 2 aromatic carbocycles. The molecule has 0 aromatic heterocycles. The van der Waals surface area contributed by atoms with E-state index >= 15 is 0 Å². The smallest absolute Gasteiger partial charge is 0.117 e. The Bertz CT molecular complexity index is 467. The standard InChI is InChI=1S/C16H18O2/c1-18-13-16(17,15-10-6-3-7-11-15)12-14-8-4-2-5-9-14/h2-11,17H,12-13H2,1H3/t16-/m1/s1. The van der Waals surface area contributed by atoms with Crippen molar-refractivity contribution in [3.63, 3.8) is 0 Å². The maximum Gasteiger partial charge on any atom is 0.117 e. The van der Waals surface area contributed by atoms with Gasteiger partial charge in [-0.2, -0.15) is 0 Å². The summed E-state index contributed by atoms with van der Waals surface area (Å²) < 4.78 is 5.18. The van der Waals surface area contributed by atoms with Crippen LogP contribution in [-0.2, 0) is 16.8 Å². The zero-order valence-corrected chi connectivity index (χ0v) is 10.5. The number of rotatable bonds is 5. The van der Waals surface area contributed by atoms with Gasteiger partial charge in [-0.3, -0.25) is 0 Å². The van der Waals surface area contributed by atoms with E-state index in [1.807, 2.05) is 60.7 Å². The molecule has 0 aliphatic carbocycles. The van der Waals surface area contributed by atoms with Gasteiger partial charge in [0.1, 0.15) is 5.60 Å². The second-order valence-electron chi connectivity index (χ2n) is 4.49. The van der Waals surface area contributed by atoms with E-state index in [2.05, 4.69) is 0 Å². The predicted octanol–water partition coefficient (Wildman–Crippen LogP) is 2.76. The molecule has 0 amide bonds. The van der Waals surface area contributed by atoms with Crippen molar-refractivity contribution >= 4 is 0 Å². The Labute approximate surface area is 108 Å². The van der Waals surface area contributed by atoms with E-state index in [0.717, 1.165) is 11.1 Å². The highest BCUT2D eigenvalue weighted by Crippen LogP contribution is 2.26. The normalized spacial score (nSPS) is 14.1. The molecule has 0 saturated carbocycles. The average Bonchev–Trinajstić information content (AvgIpc) is 2.41. The van der Waals surface area contributed by atoms with Crippen molar-refractivity contribution in [2.45, 2.75) is 12.0 Å². The molecule has 18 heavy (non-hydrogen) atoms. The van der Waals surface area contributed by atoms with Gasteiger partial charge in [0, 0.05) is 13.5 Å². The molecular weight excluding hydrogens is 224 g/mol. The summed E-state index contributed by atoms with van der Waals surface area (Å²) in [6.07, 6.45) is 0.547. The minimum Gasteiger partial charge on any atom is -0.382 e. The molecule has 0 fully saturated rings. The number of aliphatic hydroxyl groups is 1. The molecule has 2 nitrogen and oxygen atoms in total. The average molecular weight is 242 g/mol. The lowest BCUT2D eigenvalue weighted by Gasteiger charge is -2.28. The van der Waals surface area contributed by atoms with E-state index < -0.39 is 5.60 Å². The molecule has 0 heterocycles. The summed E-state index contributed by atoms with van der Waals surface area (Å²) in [7, 11) is 1.61. The summed E-state index contributed by atoms with van der Waals surface area (Å²) in [5, 5.41) is 10.8. The fourth-order valence-electron chi connectivity index (χ4n) is 2.16. The van der Waals surface area contributed by atoms with Gasteiger partial charge in [0.05, 0.1) is 6.61 Å². The van der Waals surface area contributed by atoms with Gasteiger partial charge in [-0.1, -0.05) is 60.7 Å². The van der Waals surface area contributed by atoms with Gasteiger partial charge in [-0.05, 0) is 11.1 Å². The maximum atomic E-state index is 10.8. The first-order valence-electron chi connectivity index (χ1n) is 6.05. The molecule has 0 radical (unpaired) electrons. The molecule has 0 aliphatic rings. The molecule has 0 aliphatic heterocycles. The molecular formula is C16H18O2. The van der Waals surface area contributed by atoms with Crippen LogP contribution in [0.2, 0.25) is 0 Å². The SMILES string of the molecule is COC[C@](O)(Cc1ccccc1)c1ccccc1. The van der Waals surface area contributed by atoms with E-state index in [0.29, 0.717) is 6.42 Å². The summed E-state index contributed by atoms with van der Waals surface area (Å²) in [5.41, 5.74) is 1.01. The lowest BCUT2D eigenvalue weighted by Crippen LogP contribution is -2.33. The van der Waals surface area contributed by atoms with Crippen LogP contribution >= 0.6 is 0 Å². The fourth-order valence-corrected chi connectivity index (χ4v) is 2.16. The minimum absolute atomic E-state index is 0.284. The van der Waals surface area contributed by atoms with E-state index in [1.165, 1.54) is 0 Å². The van der Waals surface area contributed by atoms with Crippen molar-refractivity contribution in [2.24, 2.45) is 0 Å². The topological polar surface area (TPSA) is 29.5 Å². The molecule has 1 N–H and O–H groups in total. The van der Waals surface area contributed by atoms with Crippen molar-refractivity contribution in [3.05, 3.63) is 71.8 Å². The Morgan fingerprint density at radius 2 is 1.50 bits per heavy atom. The van der Waals surface area contributed by atoms with Crippen molar-refractivity contribution in [1.82, 2.24) is 0 Å². The van der Waals surface area contributed by atoms with Gasteiger partial charge in [0.15, 0.2) is 0 Å². The molecule has 2 rings (SSSR count). The number of ether oxygens (including phenoxy) is 1. The van der Waals surface area contributed by atoms with Crippen LogP contribution in [0.4, 0.5) is 0 Å². The van der Waals surface area contributed by atoms with E-state index in [-0.39, 0.29) is 6.61 Å². The molecule has 2 heteroatoms.